The Labute approximate surface area is 77.1 Å². The van der Waals surface area contributed by atoms with E-state index in [1.165, 1.54) is 19.4 Å². The molecule has 0 radical (unpaired) electrons. The average Bonchev–Trinajstić information content (AvgIpc) is 2.12. The van der Waals surface area contributed by atoms with Gasteiger partial charge in [-0.2, -0.15) is 0 Å². The summed E-state index contributed by atoms with van der Waals surface area (Å²) in [7, 11) is 0. The molecule has 2 N–H and O–H groups in total. The number of nitrogens with zero attached hydrogens (tertiary/aromatic N) is 1. The quantitative estimate of drug-likeness (QED) is 0.633. The van der Waals surface area contributed by atoms with Crippen molar-refractivity contribution in [1.29, 1.82) is 0 Å². The first-order valence-corrected chi connectivity index (χ1v) is 5.20. The Morgan fingerprint density at radius 1 is 1.17 bits per heavy atom. The highest BCUT2D eigenvalue weighted by atomic mass is 15.1. The maximum atomic E-state index is 5.69. The van der Waals surface area contributed by atoms with Gasteiger partial charge in [0.05, 0.1) is 0 Å². The number of rotatable bonds is 7. The zero-order chi connectivity index (χ0) is 9.40. The van der Waals surface area contributed by atoms with E-state index in [2.05, 4.69) is 25.7 Å². The van der Waals surface area contributed by atoms with E-state index in [1.54, 1.807) is 0 Å². The van der Waals surface area contributed by atoms with Gasteiger partial charge in [-0.15, -0.1) is 0 Å². The Morgan fingerprint density at radius 2 is 1.75 bits per heavy atom. The van der Waals surface area contributed by atoms with Crippen molar-refractivity contribution in [1.82, 2.24) is 4.90 Å². The molecule has 74 valence electrons. The largest absolute Gasteiger partial charge is 0.330 e. The molecule has 0 saturated heterocycles. The van der Waals surface area contributed by atoms with Crippen LogP contribution >= 0.6 is 0 Å². The van der Waals surface area contributed by atoms with Gasteiger partial charge in [0.1, 0.15) is 0 Å². The van der Waals surface area contributed by atoms with Crippen LogP contribution in [0.25, 0.3) is 0 Å². The fraction of sp³-hybridized carbons (Fsp3) is 1.00. The van der Waals surface area contributed by atoms with Gasteiger partial charge >= 0.3 is 0 Å². The van der Waals surface area contributed by atoms with E-state index < -0.39 is 0 Å². The lowest BCUT2D eigenvalue weighted by Crippen LogP contribution is -2.32. The summed E-state index contributed by atoms with van der Waals surface area (Å²) in [5.41, 5.74) is 5.69. The van der Waals surface area contributed by atoms with Crippen LogP contribution in [-0.2, 0) is 0 Å². The number of nitrogens with two attached hydrogens (primary N) is 1. The van der Waals surface area contributed by atoms with Crippen LogP contribution in [0.5, 0.6) is 0 Å². The summed E-state index contributed by atoms with van der Waals surface area (Å²) < 4.78 is 0. The highest BCUT2D eigenvalue weighted by Crippen LogP contribution is 2.06. The molecule has 2 heteroatoms. The van der Waals surface area contributed by atoms with E-state index in [0.717, 1.165) is 19.6 Å². The lowest BCUT2D eigenvalue weighted by molar-refractivity contribution is 0.247. The van der Waals surface area contributed by atoms with Gasteiger partial charge in [0.2, 0.25) is 0 Å². The zero-order valence-electron chi connectivity index (χ0n) is 8.84. The predicted octanol–water partition coefficient (Wildman–Crippen LogP) is 1.70. The minimum absolute atomic E-state index is 0.704. The second kappa shape index (κ2) is 7.56. The third kappa shape index (κ3) is 4.73. The van der Waals surface area contributed by atoms with Gasteiger partial charge in [0.15, 0.2) is 0 Å². The van der Waals surface area contributed by atoms with Crippen molar-refractivity contribution in [2.45, 2.75) is 33.6 Å². The van der Waals surface area contributed by atoms with Crippen LogP contribution < -0.4 is 5.73 Å². The molecule has 1 atom stereocenters. The van der Waals surface area contributed by atoms with Crippen molar-refractivity contribution in [3.63, 3.8) is 0 Å². The molecule has 0 aliphatic rings. The SMILES string of the molecule is CCCC(CN)CN(CC)CC. The molecule has 0 spiro atoms. The molecule has 0 aliphatic heterocycles. The number of hydrogen-bond donors (Lipinski definition) is 1. The first-order valence-electron chi connectivity index (χ1n) is 5.20. The molecule has 0 aromatic rings. The van der Waals surface area contributed by atoms with E-state index in [9.17, 15) is 0 Å². The molecule has 1 unspecified atom stereocenters. The molecule has 0 saturated carbocycles. The van der Waals surface area contributed by atoms with Crippen molar-refractivity contribution >= 4 is 0 Å². The van der Waals surface area contributed by atoms with Gasteiger partial charge in [-0.1, -0.05) is 27.2 Å². The van der Waals surface area contributed by atoms with Crippen LogP contribution in [0.2, 0.25) is 0 Å². The first-order chi connectivity index (χ1) is 5.78. The van der Waals surface area contributed by atoms with E-state index in [0.29, 0.717) is 5.92 Å². The maximum absolute atomic E-state index is 5.69. The molecule has 0 aromatic heterocycles. The molecule has 0 heterocycles. The molecule has 0 bridgehead atoms. The Bertz CT molecular complexity index is 89.8. The predicted molar refractivity (Wildman–Crippen MR) is 55.2 cm³/mol. The topological polar surface area (TPSA) is 29.3 Å². The number of hydrogen-bond acceptors (Lipinski definition) is 2. The van der Waals surface area contributed by atoms with E-state index >= 15 is 0 Å². The Balaban J connectivity index is 3.65. The highest BCUT2D eigenvalue weighted by molar-refractivity contribution is 4.64. The van der Waals surface area contributed by atoms with Crippen molar-refractivity contribution in [2.75, 3.05) is 26.2 Å². The third-order valence-corrected chi connectivity index (χ3v) is 2.44. The Morgan fingerprint density at radius 3 is 2.08 bits per heavy atom. The van der Waals surface area contributed by atoms with Crippen molar-refractivity contribution in [2.24, 2.45) is 11.7 Å². The van der Waals surface area contributed by atoms with Gasteiger partial charge < -0.3 is 10.6 Å². The van der Waals surface area contributed by atoms with Crippen LogP contribution in [0.15, 0.2) is 0 Å². The Kier molecular flexibility index (Phi) is 7.51. The van der Waals surface area contributed by atoms with Crippen LogP contribution in [0.4, 0.5) is 0 Å². The zero-order valence-corrected chi connectivity index (χ0v) is 8.84. The average molecular weight is 172 g/mol. The Hall–Kier alpha value is -0.0800. The smallest absolute Gasteiger partial charge is 0.00215 e. The summed E-state index contributed by atoms with van der Waals surface area (Å²) in [6.45, 7) is 11.0. The maximum Gasteiger partial charge on any atom is 0.00215 e. The molecule has 12 heavy (non-hydrogen) atoms. The fourth-order valence-corrected chi connectivity index (χ4v) is 1.54. The molecule has 0 fully saturated rings. The minimum Gasteiger partial charge on any atom is -0.330 e. The van der Waals surface area contributed by atoms with E-state index in [4.69, 9.17) is 5.73 Å². The van der Waals surface area contributed by atoms with Gasteiger partial charge in [-0.25, -0.2) is 0 Å². The van der Waals surface area contributed by atoms with Crippen LogP contribution in [0.1, 0.15) is 33.6 Å². The summed E-state index contributed by atoms with van der Waals surface area (Å²) in [5.74, 6) is 0.704. The standard InChI is InChI=1S/C10H24N2/c1-4-7-10(8-11)9-12(5-2)6-3/h10H,4-9,11H2,1-3H3. The molecular formula is C10H24N2. The minimum atomic E-state index is 0.704. The first kappa shape index (κ1) is 11.9. The monoisotopic (exact) mass is 172 g/mol. The van der Waals surface area contributed by atoms with E-state index in [1.807, 2.05) is 0 Å². The second-order valence-electron chi connectivity index (χ2n) is 3.38. The molecule has 0 amide bonds. The molecule has 2 nitrogen and oxygen atoms in total. The summed E-state index contributed by atoms with van der Waals surface area (Å²) in [5, 5.41) is 0. The fourth-order valence-electron chi connectivity index (χ4n) is 1.54. The van der Waals surface area contributed by atoms with Gasteiger partial charge in [0, 0.05) is 6.54 Å². The van der Waals surface area contributed by atoms with Crippen LogP contribution in [0.3, 0.4) is 0 Å². The van der Waals surface area contributed by atoms with Crippen molar-refractivity contribution in [3.05, 3.63) is 0 Å². The van der Waals surface area contributed by atoms with Gasteiger partial charge in [0.25, 0.3) is 0 Å². The second-order valence-corrected chi connectivity index (χ2v) is 3.38. The lowest BCUT2D eigenvalue weighted by Gasteiger charge is -2.23. The molecule has 0 aliphatic carbocycles. The van der Waals surface area contributed by atoms with Crippen LogP contribution in [-0.4, -0.2) is 31.1 Å². The summed E-state index contributed by atoms with van der Waals surface area (Å²) in [6.07, 6.45) is 2.52. The molecule has 0 rings (SSSR count). The van der Waals surface area contributed by atoms with Gasteiger partial charge in [-0.05, 0) is 32.0 Å². The summed E-state index contributed by atoms with van der Waals surface area (Å²) in [6, 6.07) is 0. The highest BCUT2D eigenvalue weighted by Gasteiger charge is 2.08. The van der Waals surface area contributed by atoms with E-state index in [-0.39, 0.29) is 0 Å². The van der Waals surface area contributed by atoms with Crippen molar-refractivity contribution < 1.29 is 0 Å². The lowest BCUT2D eigenvalue weighted by atomic mass is 10.0. The molecular weight excluding hydrogens is 148 g/mol. The normalized spacial score (nSPS) is 13.8. The van der Waals surface area contributed by atoms with Gasteiger partial charge in [-0.3, -0.25) is 0 Å². The third-order valence-electron chi connectivity index (χ3n) is 2.44. The van der Waals surface area contributed by atoms with Crippen molar-refractivity contribution in [3.8, 4) is 0 Å². The summed E-state index contributed by atoms with van der Waals surface area (Å²) >= 11 is 0. The molecule has 0 aromatic carbocycles. The van der Waals surface area contributed by atoms with Crippen LogP contribution in [0, 0.1) is 5.92 Å². The summed E-state index contributed by atoms with van der Waals surface area (Å²) in [4.78, 5) is 2.45.